The average Bonchev–Trinajstić information content (AvgIpc) is 2.70. The molecule has 19 heavy (non-hydrogen) atoms. The highest BCUT2D eigenvalue weighted by atomic mass is 16.5. The first kappa shape index (κ1) is 13.9. The van der Waals surface area contributed by atoms with Crippen LogP contribution >= 0.6 is 0 Å². The predicted molar refractivity (Wildman–Crippen MR) is 71.0 cm³/mol. The van der Waals surface area contributed by atoms with Crippen LogP contribution in [0, 0.1) is 19.8 Å². The van der Waals surface area contributed by atoms with Crippen molar-refractivity contribution in [3.63, 3.8) is 0 Å². The molecular weight excluding hydrogens is 246 g/mol. The number of carbonyl (C=O) groups excluding carboxylic acids is 1. The summed E-state index contributed by atoms with van der Waals surface area (Å²) in [5.41, 5.74) is 0.827. The minimum atomic E-state index is -0.311. The van der Waals surface area contributed by atoms with Gasteiger partial charge in [-0.05, 0) is 26.7 Å². The van der Waals surface area contributed by atoms with E-state index in [0.29, 0.717) is 18.1 Å². The van der Waals surface area contributed by atoms with E-state index in [-0.39, 0.29) is 18.1 Å². The Bertz CT molecular complexity index is 444. The largest absolute Gasteiger partial charge is 0.393 e. The molecule has 0 unspecified atom stereocenters. The zero-order valence-electron chi connectivity index (χ0n) is 11.4. The Morgan fingerprint density at radius 1 is 1.42 bits per heavy atom. The van der Waals surface area contributed by atoms with Crippen molar-refractivity contribution >= 4 is 11.8 Å². The van der Waals surface area contributed by atoms with Gasteiger partial charge in [-0.2, -0.15) is 0 Å². The SMILES string of the molecule is Cc1onc(NC(=O)NC[C@@H]2CCCC[C@H]2O)c1C. The lowest BCUT2D eigenvalue weighted by molar-refractivity contribution is 0.0711. The molecule has 6 heteroatoms. The van der Waals surface area contributed by atoms with Gasteiger partial charge in [-0.1, -0.05) is 18.0 Å². The van der Waals surface area contributed by atoms with Crippen molar-refractivity contribution in [1.82, 2.24) is 10.5 Å². The van der Waals surface area contributed by atoms with Crippen molar-refractivity contribution < 1.29 is 14.4 Å². The number of nitrogens with zero attached hydrogens (tertiary/aromatic N) is 1. The molecule has 1 heterocycles. The number of aliphatic hydroxyl groups is 1. The smallest absolute Gasteiger partial charge is 0.320 e. The van der Waals surface area contributed by atoms with Gasteiger partial charge < -0.3 is 14.9 Å². The minimum absolute atomic E-state index is 0.152. The van der Waals surface area contributed by atoms with Gasteiger partial charge in [0.1, 0.15) is 5.76 Å². The fraction of sp³-hybridized carbons (Fsp3) is 0.692. The van der Waals surface area contributed by atoms with Crippen LogP contribution in [-0.2, 0) is 0 Å². The average molecular weight is 267 g/mol. The van der Waals surface area contributed by atoms with E-state index < -0.39 is 0 Å². The maximum atomic E-state index is 11.7. The number of rotatable bonds is 3. The molecule has 1 aliphatic rings. The number of aromatic nitrogens is 1. The lowest BCUT2D eigenvalue weighted by atomic mass is 9.86. The van der Waals surface area contributed by atoms with E-state index in [1.54, 1.807) is 6.92 Å². The van der Waals surface area contributed by atoms with Crippen molar-refractivity contribution in [1.29, 1.82) is 0 Å². The van der Waals surface area contributed by atoms with Crippen LogP contribution in [0.15, 0.2) is 4.52 Å². The first-order valence-corrected chi connectivity index (χ1v) is 6.73. The van der Waals surface area contributed by atoms with Crippen molar-refractivity contribution in [2.45, 2.75) is 45.6 Å². The topological polar surface area (TPSA) is 87.4 Å². The zero-order valence-corrected chi connectivity index (χ0v) is 11.4. The number of aliphatic hydroxyl groups excluding tert-OH is 1. The summed E-state index contributed by atoms with van der Waals surface area (Å²) < 4.78 is 4.98. The van der Waals surface area contributed by atoms with Gasteiger partial charge in [0, 0.05) is 18.0 Å². The van der Waals surface area contributed by atoms with Crippen molar-refractivity contribution in [2.24, 2.45) is 5.92 Å². The van der Waals surface area contributed by atoms with Gasteiger partial charge in [0.15, 0.2) is 5.82 Å². The normalized spacial score (nSPS) is 23.1. The van der Waals surface area contributed by atoms with E-state index >= 15 is 0 Å². The number of urea groups is 1. The molecule has 0 radical (unpaired) electrons. The summed E-state index contributed by atoms with van der Waals surface area (Å²) >= 11 is 0. The molecule has 0 bridgehead atoms. The minimum Gasteiger partial charge on any atom is -0.393 e. The highest BCUT2D eigenvalue weighted by Crippen LogP contribution is 2.23. The van der Waals surface area contributed by atoms with Crippen LogP contribution in [0.25, 0.3) is 0 Å². The van der Waals surface area contributed by atoms with E-state index in [0.717, 1.165) is 31.2 Å². The summed E-state index contributed by atoms with van der Waals surface area (Å²) in [6.07, 6.45) is 3.68. The lowest BCUT2D eigenvalue weighted by Crippen LogP contribution is -2.38. The molecule has 0 aromatic carbocycles. The molecule has 106 valence electrons. The van der Waals surface area contributed by atoms with Crippen molar-refractivity contribution in [3.8, 4) is 0 Å². The lowest BCUT2D eigenvalue weighted by Gasteiger charge is -2.27. The van der Waals surface area contributed by atoms with Crippen molar-refractivity contribution in [3.05, 3.63) is 11.3 Å². The van der Waals surface area contributed by atoms with Crippen LogP contribution in [0.3, 0.4) is 0 Å². The third-order valence-electron chi connectivity index (χ3n) is 3.78. The molecule has 2 atom stereocenters. The highest BCUT2D eigenvalue weighted by Gasteiger charge is 2.23. The van der Waals surface area contributed by atoms with Gasteiger partial charge in [0.05, 0.1) is 6.10 Å². The summed E-state index contributed by atoms with van der Waals surface area (Å²) in [5.74, 6) is 1.29. The molecule has 1 aromatic heterocycles. The molecule has 1 aromatic rings. The van der Waals surface area contributed by atoms with Crippen molar-refractivity contribution in [2.75, 3.05) is 11.9 Å². The Morgan fingerprint density at radius 3 is 2.79 bits per heavy atom. The number of hydrogen-bond donors (Lipinski definition) is 3. The number of carbonyl (C=O) groups is 1. The van der Waals surface area contributed by atoms with E-state index in [9.17, 15) is 9.90 Å². The Labute approximate surface area is 112 Å². The summed E-state index contributed by atoms with van der Waals surface area (Å²) in [7, 11) is 0. The summed E-state index contributed by atoms with van der Waals surface area (Å²) in [6, 6.07) is -0.311. The van der Waals surface area contributed by atoms with Crippen LogP contribution in [0.1, 0.15) is 37.0 Å². The quantitative estimate of drug-likeness (QED) is 0.781. The molecular formula is C13H21N3O3. The Balaban J connectivity index is 1.80. The van der Waals surface area contributed by atoms with Gasteiger partial charge in [0.25, 0.3) is 0 Å². The number of nitrogens with one attached hydrogen (secondary N) is 2. The van der Waals surface area contributed by atoms with Gasteiger partial charge in [-0.3, -0.25) is 5.32 Å². The molecule has 1 fully saturated rings. The first-order chi connectivity index (χ1) is 9.08. The number of anilines is 1. The number of aryl methyl sites for hydroxylation is 1. The second-order valence-electron chi connectivity index (χ2n) is 5.16. The van der Waals surface area contributed by atoms with Gasteiger partial charge >= 0.3 is 6.03 Å². The van der Waals surface area contributed by atoms with Gasteiger partial charge in [-0.25, -0.2) is 4.79 Å². The molecule has 0 saturated heterocycles. The Morgan fingerprint density at radius 2 is 2.16 bits per heavy atom. The molecule has 0 spiro atoms. The zero-order chi connectivity index (χ0) is 13.8. The third-order valence-corrected chi connectivity index (χ3v) is 3.78. The molecule has 3 N–H and O–H groups in total. The van der Waals surface area contributed by atoms with E-state index in [1.165, 1.54) is 0 Å². The van der Waals surface area contributed by atoms with Crippen LogP contribution in [-0.4, -0.2) is 28.9 Å². The molecule has 2 amide bonds. The molecule has 0 aliphatic heterocycles. The molecule has 2 rings (SSSR count). The maximum Gasteiger partial charge on any atom is 0.320 e. The van der Waals surface area contributed by atoms with Crippen LogP contribution < -0.4 is 10.6 Å². The standard InChI is InChI=1S/C13H21N3O3/c1-8-9(2)19-16-12(8)15-13(18)14-7-10-5-3-4-6-11(10)17/h10-11,17H,3-7H2,1-2H3,(H2,14,15,16,18)/t10-,11+/m0/s1. The van der Waals surface area contributed by atoms with Gasteiger partial charge in [0.2, 0.25) is 0 Å². The fourth-order valence-corrected chi connectivity index (χ4v) is 2.34. The van der Waals surface area contributed by atoms with E-state index in [2.05, 4.69) is 15.8 Å². The first-order valence-electron chi connectivity index (χ1n) is 6.73. The summed E-state index contributed by atoms with van der Waals surface area (Å²) in [6.45, 7) is 4.12. The summed E-state index contributed by atoms with van der Waals surface area (Å²) in [5, 5.41) is 19.0. The molecule has 6 nitrogen and oxygen atoms in total. The fourth-order valence-electron chi connectivity index (χ4n) is 2.34. The number of hydrogen-bond acceptors (Lipinski definition) is 4. The highest BCUT2D eigenvalue weighted by molar-refractivity contribution is 5.88. The Hall–Kier alpha value is -1.56. The maximum absolute atomic E-state index is 11.7. The number of amides is 2. The van der Waals surface area contributed by atoms with E-state index in [1.807, 2.05) is 6.92 Å². The summed E-state index contributed by atoms with van der Waals surface area (Å²) in [4.78, 5) is 11.7. The second kappa shape index (κ2) is 6.06. The van der Waals surface area contributed by atoms with Crippen LogP contribution in [0.2, 0.25) is 0 Å². The Kier molecular flexibility index (Phi) is 4.42. The van der Waals surface area contributed by atoms with Crippen LogP contribution in [0.5, 0.6) is 0 Å². The molecule has 1 aliphatic carbocycles. The third kappa shape index (κ3) is 3.47. The molecule has 1 saturated carbocycles. The van der Waals surface area contributed by atoms with E-state index in [4.69, 9.17) is 4.52 Å². The van der Waals surface area contributed by atoms with Gasteiger partial charge in [-0.15, -0.1) is 0 Å². The predicted octanol–water partition coefficient (Wildman–Crippen LogP) is 1.96. The van der Waals surface area contributed by atoms with Crippen LogP contribution in [0.4, 0.5) is 10.6 Å². The monoisotopic (exact) mass is 267 g/mol. The second-order valence-corrected chi connectivity index (χ2v) is 5.16.